The summed E-state index contributed by atoms with van der Waals surface area (Å²) in [7, 11) is 5.55. The highest BCUT2D eigenvalue weighted by atomic mass is 16.6. The number of hydrogen-bond acceptors (Lipinski definition) is 9. The van der Waals surface area contributed by atoms with Gasteiger partial charge in [-0.2, -0.15) is 0 Å². The number of ether oxygens (including phenoxy) is 5. The summed E-state index contributed by atoms with van der Waals surface area (Å²) in [6, 6.07) is 5.33. The van der Waals surface area contributed by atoms with Crippen LogP contribution in [-0.2, 0) is 18.0 Å². The molecule has 2 aromatic carbocycles. The first-order valence-corrected chi connectivity index (χ1v) is 8.22. The maximum absolute atomic E-state index is 11.4. The predicted octanol–water partition coefficient (Wildman–Crippen LogP) is 3.25. The summed E-state index contributed by atoms with van der Waals surface area (Å²) in [6.07, 6.45) is 0. The number of nitro groups is 2. The lowest BCUT2D eigenvalue weighted by Gasteiger charge is -2.12. The number of nitro benzene ring substituents is 2. The van der Waals surface area contributed by atoms with Crippen LogP contribution in [0.4, 0.5) is 11.4 Å². The number of methoxy groups -OCH3 is 4. The number of hydrogen-bond donors (Lipinski definition) is 0. The minimum Gasteiger partial charge on any atom is -0.493 e. The molecular formula is C18H20N2O9. The van der Waals surface area contributed by atoms with Gasteiger partial charge in [-0.05, 0) is 12.1 Å². The molecule has 0 saturated heterocycles. The van der Waals surface area contributed by atoms with Crippen LogP contribution in [0.15, 0.2) is 24.3 Å². The first kappa shape index (κ1) is 21.7. The summed E-state index contributed by atoms with van der Waals surface area (Å²) in [5.41, 5.74) is 0.0282. The van der Waals surface area contributed by atoms with Crippen molar-refractivity contribution in [3.05, 3.63) is 55.6 Å². The molecule has 0 saturated carbocycles. The molecule has 0 aromatic heterocycles. The molecule has 0 aliphatic carbocycles. The molecule has 0 aliphatic heterocycles. The fourth-order valence-corrected chi connectivity index (χ4v) is 2.66. The second kappa shape index (κ2) is 9.55. The Bertz CT molecular complexity index is 841. The van der Waals surface area contributed by atoms with Crippen molar-refractivity contribution in [2.45, 2.75) is 13.2 Å². The van der Waals surface area contributed by atoms with Crippen LogP contribution in [0.5, 0.6) is 23.0 Å². The zero-order valence-electron chi connectivity index (χ0n) is 16.3. The fraction of sp³-hybridized carbons (Fsp3) is 0.333. The lowest BCUT2D eigenvalue weighted by atomic mass is 10.1. The largest absolute Gasteiger partial charge is 0.493 e. The van der Waals surface area contributed by atoms with Gasteiger partial charge in [0.05, 0.1) is 74.8 Å². The first-order valence-electron chi connectivity index (χ1n) is 8.22. The van der Waals surface area contributed by atoms with E-state index in [2.05, 4.69) is 0 Å². The van der Waals surface area contributed by atoms with Gasteiger partial charge in [-0.15, -0.1) is 0 Å². The summed E-state index contributed by atoms with van der Waals surface area (Å²) in [5.74, 6) is 1.01. The van der Waals surface area contributed by atoms with E-state index in [1.165, 1.54) is 52.7 Å². The van der Waals surface area contributed by atoms with Gasteiger partial charge in [0.1, 0.15) is 0 Å². The fourth-order valence-electron chi connectivity index (χ4n) is 2.66. The molecule has 0 fully saturated rings. The van der Waals surface area contributed by atoms with Crippen molar-refractivity contribution in [3.63, 3.8) is 0 Å². The molecule has 0 N–H and O–H groups in total. The van der Waals surface area contributed by atoms with E-state index >= 15 is 0 Å². The van der Waals surface area contributed by atoms with Gasteiger partial charge in [0.25, 0.3) is 11.4 Å². The molecule has 2 aromatic rings. The van der Waals surface area contributed by atoms with E-state index in [9.17, 15) is 20.2 Å². The third kappa shape index (κ3) is 4.82. The minimum atomic E-state index is -0.570. The molecule has 156 valence electrons. The van der Waals surface area contributed by atoms with Crippen molar-refractivity contribution in [1.29, 1.82) is 0 Å². The zero-order valence-corrected chi connectivity index (χ0v) is 16.3. The van der Waals surface area contributed by atoms with Crippen molar-refractivity contribution in [3.8, 4) is 23.0 Å². The average Bonchev–Trinajstić information content (AvgIpc) is 2.72. The van der Waals surface area contributed by atoms with Crippen molar-refractivity contribution < 1.29 is 33.5 Å². The smallest absolute Gasteiger partial charge is 0.278 e. The summed E-state index contributed by atoms with van der Waals surface area (Å²) in [4.78, 5) is 21.6. The van der Waals surface area contributed by atoms with Crippen molar-refractivity contribution in [2.24, 2.45) is 0 Å². The Kier molecular flexibility index (Phi) is 7.15. The van der Waals surface area contributed by atoms with Crippen LogP contribution in [0.2, 0.25) is 0 Å². The lowest BCUT2D eigenvalue weighted by Crippen LogP contribution is -2.04. The molecule has 0 amide bonds. The first-order chi connectivity index (χ1) is 13.9. The third-order valence-electron chi connectivity index (χ3n) is 4.08. The Morgan fingerprint density at radius 2 is 0.966 bits per heavy atom. The van der Waals surface area contributed by atoms with E-state index in [0.29, 0.717) is 11.5 Å². The predicted molar refractivity (Wildman–Crippen MR) is 101 cm³/mol. The van der Waals surface area contributed by atoms with Crippen LogP contribution in [0.25, 0.3) is 0 Å². The van der Waals surface area contributed by atoms with E-state index < -0.39 is 9.85 Å². The Hall–Kier alpha value is -3.60. The highest BCUT2D eigenvalue weighted by molar-refractivity contribution is 5.55. The van der Waals surface area contributed by atoms with Crippen LogP contribution in [0.1, 0.15) is 11.1 Å². The van der Waals surface area contributed by atoms with Crippen LogP contribution in [0.3, 0.4) is 0 Å². The zero-order chi connectivity index (χ0) is 21.6. The van der Waals surface area contributed by atoms with Crippen LogP contribution in [0, 0.1) is 20.2 Å². The molecule has 11 nitrogen and oxygen atoms in total. The molecule has 0 bridgehead atoms. The molecule has 0 aliphatic rings. The summed E-state index contributed by atoms with van der Waals surface area (Å²) in [6.45, 7) is -0.357. The maximum atomic E-state index is 11.4. The van der Waals surface area contributed by atoms with E-state index in [1.807, 2.05) is 0 Å². The monoisotopic (exact) mass is 408 g/mol. The van der Waals surface area contributed by atoms with Gasteiger partial charge in [-0.25, -0.2) is 0 Å². The molecule has 11 heteroatoms. The van der Waals surface area contributed by atoms with Gasteiger partial charge in [0.15, 0.2) is 23.0 Å². The van der Waals surface area contributed by atoms with Crippen LogP contribution < -0.4 is 18.9 Å². The maximum Gasteiger partial charge on any atom is 0.278 e. The van der Waals surface area contributed by atoms with E-state index in [-0.39, 0.29) is 47.2 Å². The second-order valence-electron chi connectivity index (χ2n) is 5.68. The van der Waals surface area contributed by atoms with Gasteiger partial charge in [0.2, 0.25) is 0 Å². The molecular weight excluding hydrogens is 388 g/mol. The third-order valence-corrected chi connectivity index (χ3v) is 4.08. The number of benzene rings is 2. The minimum absolute atomic E-state index is 0.178. The number of rotatable bonds is 10. The van der Waals surface area contributed by atoms with Gasteiger partial charge in [-0.3, -0.25) is 20.2 Å². The van der Waals surface area contributed by atoms with Crippen molar-refractivity contribution in [2.75, 3.05) is 28.4 Å². The molecule has 29 heavy (non-hydrogen) atoms. The Balaban J connectivity index is 2.30. The van der Waals surface area contributed by atoms with Gasteiger partial charge >= 0.3 is 0 Å². The van der Waals surface area contributed by atoms with Gasteiger partial charge in [-0.1, -0.05) is 0 Å². The van der Waals surface area contributed by atoms with E-state index in [1.54, 1.807) is 0 Å². The molecule has 0 unspecified atom stereocenters. The van der Waals surface area contributed by atoms with Crippen molar-refractivity contribution >= 4 is 11.4 Å². The lowest BCUT2D eigenvalue weighted by molar-refractivity contribution is -0.386. The normalized spacial score (nSPS) is 10.3. The van der Waals surface area contributed by atoms with E-state index in [0.717, 1.165) is 0 Å². The van der Waals surface area contributed by atoms with Crippen molar-refractivity contribution in [1.82, 2.24) is 0 Å². The summed E-state index contributed by atoms with van der Waals surface area (Å²) in [5, 5.41) is 22.7. The molecule has 0 radical (unpaired) electrons. The van der Waals surface area contributed by atoms with Crippen LogP contribution in [-0.4, -0.2) is 38.3 Å². The second-order valence-corrected chi connectivity index (χ2v) is 5.68. The highest BCUT2D eigenvalue weighted by Gasteiger charge is 2.22. The van der Waals surface area contributed by atoms with Gasteiger partial charge < -0.3 is 23.7 Å². The standard InChI is InChI=1S/C18H20N2O9/c1-25-15-5-11(13(19(21)22)7-17(15)27-3)9-29-10-12-6-16(26-2)18(28-4)8-14(12)20(23)24/h5-8H,9-10H2,1-4H3. The molecule has 2 rings (SSSR count). The summed E-state index contributed by atoms with van der Waals surface area (Å²) < 4.78 is 26.0. The quantitative estimate of drug-likeness (QED) is 0.429. The Morgan fingerprint density at radius 1 is 0.655 bits per heavy atom. The van der Waals surface area contributed by atoms with E-state index in [4.69, 9.17) is 23.7 Å². The SMILES string of the molecule is COc1cc(COCc2cc(OC)c(OC)cc2[N+](=O)[O-])c([N+](=O)[O-])cc1OC. The Labute approximate surface area is 166 Å². The highest BCUT2D eigenvalue weighted by Crippen LogP contribution is 2.36. The van der Waals surface area contributed by atoms with Crippen LogP contribution >= 0.6 is 0 Å². The molecule has 0 atom stereocenters. The number of nitrogens with zero attached hydrogens (tertiary/aromatic N) is 2. The molecule has 0 spiro atoms. The topological polar surface area (TPSA) is 132 Å². The Morgan fingerprint density at radius 3 is 1.24 bits per heavy atom. The summed E-state index contributed by atoms with van der Waals surface area (Å²) >= 11 is 0. The average molecular weight is 408 g/mol. The van der Waals surface area contributed by atoms with Gasteiger partial charge in [0, 0.05) is 0 Å². The molecule has 0 heterocycles.